The van der Waals surface area contributed by atoms with Gasteiger partial charge in [-0.25, -0.2) is 0 Å². The van der Waals surface area contributed by atoms with E-state index < -0.39 is 0 Å². The Labute approximate surface area is 157 Å². The van der Waals surface area contributed by atoms with Crippen molar-refractivity contribution >= 4 is 33.7 Å². The molecule has 4 rings (SSSR count). The van der Waals surface area contributed by atoms with E-state index in [-0.39, 0.29) is 28.3 Å². The molecule has 5 nitrogen and oxygen atoms in total. The first kappa shape index (κ1) is 17.7. The monoisotopic (exact) mass is 364 g/mol. The number of pyridine rings is 1. The number of nitrogens with zero attached hydrogens (tertiary/aromatic N) is 1. The molecule has 2 heterocycles. The molecule has 1 aliphatic rings. The van der Waals surface area contributed by atoms with E-state index in [9.17, 15) is 9.59 Å². The highest BCUT2D eigenvalue weighted by Crippen LogP contribution is 2.28. The van der Waals surface area contributed by atoms with E-state index in [1.165, 1.54) is 45.1 Å². The van der Waals surface area contributed by atoms with Gasteiger partial charge in [-0.15, -0.1) is 0 Å². The van der Waals surface area contributed by atoms with Gasteiger partial charge in [0.1, 0.15) is 11.4 Å². The second-order valence-electron chi connectivity index (χ2n) is 7.63. The summed E-state index contributed by atoms with van der Waals surface area (Å²) in [6.45, 7) is 1.41. The second-order valence-corrected chi connectivity index (χ2v) is 7.63. The molecular weight excluding hydrogens is 340 g/mol. The summed E-state index contributed by atoms with van der Waals surface area (Å²) in [6.07, 6.45) is 8.82. The van der Waals surface area contributed by atoms with Crippen LogP contribution in [0.5, 0.6) is 0 Å². The third-order valence-corrected chi connectivity index (χ3v) is 5.70. The zero-order valence-electron chi connectivity index (χ0n) is 15.6. The smallest absolute Gasteiger partial charge is 0.232 e. The number of Topliss-reactive ketones (excluding diaryl/α,β-unsaturated/α-hetero) is 1. The number of nitrogens with two attached hydrogens (primary N) is 1. The highest BCUT2D eigenvalue weighted by molar-refractivity contribution is 6.02. The lowest BCUT2D eigenvalue weighted by atomic mass is 9.85. The third kappa shape index (κ3) is 3.46. The van der Waals surface area contributed by atoms with Gasteiger partial charge in [0.2, 0.25) is 11.1 Å². The molecular formula is C22H24N2O3. The number of aryl methyl sites for hydroxylation is 1. The summed E-state index contributed by atoms with van der Waals surface area (Å²) in [5.74, 6) is 0.664. The van der Waals surface area contributed by atoms with Crippen LogP contribution in [-0.2, 0) is 6.42 Å². The Hall–Kier alpha value is -2.69. The predicted octanol–water partition coefficient (Wildman–Crippen LogP) is 4.64. The van der Waals surface area contributed by atoms with E-state index in [1.54, 1.807) is 0 Å². The fraction of sp³-hybridized carbons (Fsp3) is 0.409. The fourth-order valence-corrected chi connectivity index (χ4v) is 4.13. The summed E-state index contributed by atoms with van der Waals surface area (Å²) in [7, 11) is 0. The van der Waals surface area contributed by atoms with Crippen LogP contribution in [0.15, 0.2) is 33.5 Å². The molecule has 0 spiro atoms. The number of nitrogen functional groups attached to an aromatic ring is 1. The van der Waals surface area contributed by atoms with Crippen LogP contribution in [0.2, 0.25) is 0 Å². The molecule has 0 bridgehead atoms. The number of ketones is 1. The number of aromatic nitrogens is 1. The summed E-state index contributed by atoms with van der Waals surface area (Å²) in [5.41, 5.74) is 7.72. The van der Waals surface area contributed by atoms with Gasteiger partial charge < -0.3 is 10.2 Å². The van der Waals surface area contributed by atoms with Crippen molar-refractivity contribution in [3.63, 3.8) is 0 Å². The molecule has 0 radical (unpaired) electrons. The normalized spacial score (nSPS) is 15.4. The molecule has 1 saturated carbocycles. The summed E-state index contributed by atoms with van der Waals surface area (Å²) < 4.78 is 5.79. The second kappa shape index (κ2) is 7.14. The molecule has 27 heavy (non-hydrogen) atoms. The van der Waals surface area contributed by atoms with Crippen molar-refractivity contribution in [2.75, 3.05) is 5.73 Å². The number of rotatable bonds is 4. The maximum atomic E-state index is 13.0. The van der Waals surface area contributed by atoms with Crippen molar-refractivity contribution < 1.29 is 9.21 Å². The Kier molecular flexibility index (Phi) is 4.68. The van der Waals surface area contributed by atoms with E-state index in [1.807, 2.05) is 18.2 Å². The van der Waals surface area contributed by atoms with Crippen molar-refractivity contribution in [1.29, 1.82) is 0 Å². The Morgan fingerprint density at radius 2 is 1.96 bits per heavy atom. The molecule has 0 atom stereocenters. The first-order valence-electron chi connectivity index (χ1n) is 9.70. The molecule has 2 N–H and O–H groups in total. The van der Waals surface area contributed by atoms with Gasteiger partial charge >= 0.3 is 0 Å². The molecule has 2 aromatic heterocycles. The van der Waals surface area contributed by atoms with Crippen LogP contribution in [0.4, 0.5) is 5.82 Å². The van der Waals surface area contributed by atoms with E-state index in [0.717, 1.165) is 24.3 Å². The summed E-state index contributed by atoms with van der Waals surface area (Å²) in [5, 5.41) is 0.830. The van der Waals surface area contributed by atoms with Crippen LogP contribution >= 0.6 is 0 Å². The maximum Gasteiger partial charge on any atom is 0.232 e. The number of fused-ring (bicyclic) bond motifs is 2. The number of carbonyl (C=O) groups is 1. The lowest BCUT2D eigenvalue weighted by Crippen LogP contribution is -2.09. The Balaban J connectivity index is 1.72. The molecule has 1 aromatic carbocycles. The number of benzene rings is 1. The largest absolute Gasteiger partial charge is 0.437 e. The molecule has 0 saturated heterocycles. The minimum Gasteiger partial charge on any atom is -0.437 e. The van der Waals surface area contributed by atoms with E-state index in [0.29, 0.717) is 16.4 Å². The van der Waals surface area contributed by atoms with Gasteiger partial charge in [0.15, 0.2) is 5.78 Å². The zero-order chi connectivity index (χ0) is 19.0. The molecule has 0 unspecified atom stereocenters. The van der Waals surface area contributed by atoms with Crippen LogP contribution in [0.25, 0.3) is 22.1 Å². The topological polar surface area (TPSA) is 86.2 Å². The van der Waals surface area contributed by atoms with E-state index >= 15 is 0 Å². The van der Waals surface area contributed by atoms with Crippen LogP contribution in [0, 0.1) is 5.92 Å². The van der Waals surface area contributed by atoms with Gasteiger partial charge in [-0.3, -0.25) is 9.59 Å². The number of anilines is 1. The van der Waals surface area contributed by atoms with Gasteiger partial charge in [0, 0.05) is 0 Å². The van der Waals surface area contributed by atoms with Gasteiger partial charge in [0.05, 0.1) is 16.3 Å². The van der Waals surface area contributed by atoms with Crippen LogP contribution in [0.1, 0.15) is 61.4 Å². The highest BCUT2D eigenvalue weighted by atomic mass is 16.3. The minimum absolute atomic E-state index is 0.0848. The number of carbonyl (C=O) groups excluding carboxylic acids is 1. The van der Waals surface area contributed by atoms with E-state index in [2.05, 4.69) is 4.98 Å². The predicted molar refractivity (Wildman–Crippen MR) is 107 cm³/mol. The molecule has 3 aromatic rings. The zero-order valence-corrected chi connectivity index (χ0v) is 15.6. The first-order valence-corrected chi connectivity index (χ1v) is 9.70. The van der Waals surface area contributed by atoms with Gasteiger partial charge in [0.25, 0.3) is 0 Å². The summed E-state index contributed by atoms with van der Waals surface area (Å²) in [4.78, 5) is 28.8. The van der Waals surface area contributed by atoms with Crippen molar-refractivity contribution in [2.45, 2.75) is 51.9 Å². The van der Waals surface area contributed by atoms with Gasteiger partial charge in [-0.2, -0.15) is 4.98 Å². The average Bonchev–Trinajstić information content (AvgIpc) is 2.67. The SMILES string of the molecule is CC(=O)c1cc2c(=O)c3cc(CCC4CCCCC4)ccc3oc2nc1N. The third-order valence-electron chi connectivity index (χ3n) is 5.70. The van der Waals surface area contributed by atoms with Crippen molar-refractivity contribution in [3.05, 3.63) is 45.6 Å². The lowest BCUT2D eigenvalue weighted by Gasteiger charge is -2.21. The maximum absolute atomic E-state index is 13.0. The first-order chi connectivity index (χ1) is 13.0. The molecule has 1 aliphatic carbocycles. The Morgan fingerprint density at radius 3 is 2.70 bits per heavy atom. The molecule has 140 valence electrons. The van der Waals surface area contributed by atoms with Crippen LogP contribution < -0.4 is 11.2 Å². The van der Waals surface area contributed by atoms with Crippen LogP contribution in [0.3, 0.4) is 0 Å². The number of hydrogen-bond donors (Lipinski definition) is 1. The quantitative estimate of drug-likeness (QED) is 0.538. The lowest BCUT2D eigenvalue weighted by molar-refractivity contribution is 0.101. The molecule has 5 heteroatoms. The van der Waals surface area contributed by atoms with Crippen LogP contribution in [-0.4, -0.2) is 10.8 Å². The van der Waals surface area contributed by atoms with Crippen molar-refractivity contribution in [2.24, 2.45) is 5.92 Å². The van der Waals surface area contributed by atoms with Crippen molar-refractivity contribution in [3.8, 4) is 0 Å². The Morgan fingerprint density at radius 1 is 1.19 bits per heavy atom. The molecule has 0 aliphatic heterocycles. The van der Waals surface area contributed by atoms with Crippen molar-refractivity contribution in [1.82, 2.24) is 4.98 Å². The van der Waals surface area contributed by atoms with Gasteiger partial charge in [-0.05, 0) is 49.4 Å². The minimum atomic E-state index is -0.220. The summed E-state index contributed by atoms with van der Waals surface area (Å²) >= 11 is 0. The Bertz CT molecular complexity index is 1080. The average molecular weight is 364 g/mol. The van der Waals surface area contributed by atoms with E-state index in [4.69, 9.17) is 10.2 Å². The molecule has 0 amide bonds. The summed E-state index contributed by atoms with van der Waals surface area (Å²) in [6, 6.07) is 7.28. The highest BCUT2D eigenvalue weighted by Gasteiger charge is 2.16. The standard InChI is InChI=1S/C22H24N2O3/c1-13(25)16-12-18-20(26)17-11-15(8-7-14-5-3-2-4-6-14)9-10-19(17)27-22(18)24-21(16)23/h9-12,14H,2-8H2,1H3,(H2,23,24). The van der Waals surface area contributed by atoms with Gasteiger partial charge in [-0.1, -0.05) is 38.2 Å². The molecule has 1 fully saturated rings. The fourth-order valence-electron chi connectivity index (χ4n) is 4.13. The number of hydrogen-bond acceptors (Lipinski definition) is 5.